The first-order valence-corrected chi connectivity index (χ1v) is 5.46. The normalized spacial score (nSPS) is 19.2. The van der Waals surface area contributed by atoms with Crippen molar-refractivity contribution in [1.29, 1.82) is 0 Å². The Bertz CT molecular complexity index is 419. The van der Waals surface area contributed by atoms with Crippen LogP contribution in [0.15, 0.2) is 18.2 Å². The average Bonchev–Trinajstić information content (AvgIpc) is 2.78. The molecule has 1 unspecified atom stereocenters. The van der Waals surface area contributed by atoms with Crippen LogP contribution in [-0.2, 0) is 0 Å². The highest BCUT2D eigenvalue weighted by molar-refractivity contribution is 5.38. The van der Waals surface area contributed by atoms with Crippen LogP contribution in [0, 0.1) is 15.9 Å². The summed E-state index contributed by atoms with van der Waals surface area (Å²) >= 11 is 0. The van der Waals surface area contributed by atoms with E-state index in [0.717, 1.165) is 31.5 Å². The molecular formula is C11H13FN2O3. The molecule has 0 aliphatic carbocycles. The lowest BCUT2D eigenvalue weighted by Gasteiger charge is -2.11. The van der Waals surface area contributed by atoms with E-state index >= 15 is 0 Å². The molecule has 5 nitrogen and oxygen atoms in total. The second kappa shape index (κ2) is 5.09. The Morgan fingerprint density at radius 1 is 1.53 bits per heavy atom. The van der Waals surface area contributed by atoms with Crippen molar-refractivity contribution in [3.63, 3.8) is 0 Å². The minimum atomic E-state index is -0.659. The van der Waals surface area contributed by atoms with E-state index in [-0.39, 0.29) is 17.5 Å². The second-order valence-corrected chi connectivity index (χ2v) is 4.01. The third-order valence-electron chi connectivity index (χ3n) is 2.68. The minimum Gasteiger partial charge on any atom is -0.492 e. The fraction of sp³-hybridized carbons (Fsp3) is 0.455. The molecule has 0 saturated carbocycles. The van der Waals surface area contributed by atoms with Crippen LogP contribution in [0.4, 0.5) is 10.1 Å². The lowest BCUT2D eigenvalue weighted by molar-refractivity contribution is -0.385. The van der Waals surface area contributed by atoms with Gasteiger partial charge in [-0.1, -0.05) is 0 Å². The van der Waals surface area contributed by atoms with Crippen molar-refractivity contribution in [2.45, 2.75) is 18.9 Å². The Morgan fingerprint density at radius 2 is 2.35 bits per heavy atom. The van der Waals surface area contributed by atoms with E-state index in [1.807, 2.05) is 0 Å². The summed E-state index contributed by atoms with van der Waals surface area (Å²) in [7, 11) is 0. The monoisotopic (exact) mass is 240 g/mol. The first kappa shape index (κ1) is 11.8. The summed E-state index contributed by atoms with van der Waals surface area (Å²) in [4.78, 5) is 9.90. The molecule has 1 aliphatic rings. The van der Waals surface area contributed by atoms with Crippen LogP contribution in [-0.4, -0.2) is 24.1 Å². The number of ether oxygens (including phenoxy) is 1. The number of nitro benzene ring substituents is 1. The molecule has 1 fully saturated rings. The standard InChI is InChI=1S/C11H13FN2O3/c12-8-4-10(14(15)16)6-11(5-8)17-7-9-2-1-3-13-9/h4-6,9,13H,1-3,7H2. The predicted molar refractivity (Wildman–Crippen MR) is 59.6 cm³/mol. The lowest BCUT2D eigenvalue weighted by Crippen LogP contribution is -2.28. The third-order valence-corrected chi connectivity index (χ3v) is 2.68. The molecule has 1 aromatic rings. The van der Waals surface area contributed by atoms with E-state index in [2.05, 4.69) is 5.32 Å². The highest BCUT2D eigenvalue weighted by Crippen LogP contribution is 2.22. The van der Waals surface area contributed by atoms with E-state index in [9.17, 15) is 14.5 Å². The highest BCUT2D eigenvalue weighted by atomic mass is 19.1. The number of non-ortho nitro benzene ring substituents is 1. The van der Waals surface area contributed by atoms with Gasteiger partial charge in [-0.3, -0.25) is 10.1 Å². The summed E-state index contributed by atoms with van der Waals surface area (Å²) in [5, 5.41) is 13.8. The Balaban J connectivity index is 2.01. The van der Waals surface area contributed by atoms with E-state index in [1.54, 1.807) is 0 Å². The number of hydrogen-bond donors (Lipinski definition) is 1. The number of hydrogen-bond acceptors (Lipinski definition) is 4. The molecule has 0 spiro atoms. The maximum Gasteiger partial charge on any atom is 0.276 e. The van der Waals surface area contributed by atoms with Gasteiger partial charge in [0.05, 0.1) is 17.1 Å². The Kier molecular flexibility index (Phi) is 3.53. The van der Waals surface area contributed by atoms with Crippen LogP contribution in [0.5, 0.6) is 5.75 Å². The lowest BCUT2D eigenvalue weighted by atomic mass is 10.2. The molecule has 1 aliphatic heterocycles. The van der Waals surface area contributed by atoms with Gasteiger partial charge in [-0.25, -0.2) is 4.39 Å². The van der Waals surface area contributed by atoms with Gasteiger partial charge in [0.15, 0.2) is 0 Å². The maximum absolute atomic E-state index is 13.1. The van der Waals surface area contributed by atoms with Crippen molar-refractivity contribution < 1.29 is 14.1 Å². The van der Waals surface area contributed by atoms with Gasteiger partial charge in [-0.05, 0) is 19.4 Å². The smallest absolute Gasteiger partial charge is 0.276 e. The van der Waals surface area contributed by atoms with Gasteiger partial charge >= 0.3 is 0 Å². The van der Waals surface area contributed by atoms with E-state index in [4.69, 9.17) is 4.74 Å². The molecule has 6 heteroatoms. The largest absolute Gasteiger partial charge is 0.492 e. The molecule has 1 aromatic carbocycles. The molecule has 17 heavy (non-hydrogen) atoms. The van der Waals surface area contributed by atoms with E-state index in [0.29, 0.717) is 6.61 Å². The zero-order valence-electron chi connectivity index (χ0n) is 9.19. The predicted octanol–water partition coefficient (Wildman–Crippen LogP) is 1.86. The van der Waals surface area contributed by atoms with Crippen molar-refractivity contribution in [2.24, 2.45) is 0 Å². The van der Waals surface area contributed by atoms with Crippen molar-refractivity contribution in [3.05, 3.63) is 34.1 Å². The molecular weight excluding hydrogens is 227 g/mol. The van der Waals surface area contributed by atoms with Gasteiger partial charge in [0.25, 0.3) is 5.69 Å². The molecule has 1 N–H and O–H groups in total. The minimum absolute atomic E-state index is 0.199. The number of halogens is 1. The number of nitrogens with zero attached hydrogens (tertiary/aromatic N) is 1. The molecule has 1 atom stereocenters. The van der Waals surface area contributed by atoms with Crippen LogP contribution >= 0.6 is 0 Å². The van der Waals surface area contributed by atoms with Gasteiger partial charge < -0.3 is 10.1 Å². The van der Waals surface area contributed by atoms with Gasteiger partial charge in [-0.15, -0.1) is 0 Å². The number of rotatable bonds is 4. The number of nitro groups is 1. The summed E-state index contributed by atoms with van der Waals surface area (Å²) in [6.07, 6.45) is 2.11. The van der Waals surface area contributed by atoms with E-state index < -0.39 is 10.7 Å². The molecule has 0 amide bonds. The summed E-state index contributed by atoms with van der Waals surface area (Å²) < 4.78 is 18.4. The van der Waals surface area contributed by atoms with Crippen molar-refractivity contribution in [2.75, 3.05) is 13.2 Å². The zero-order chi connectivity index (χ0) is 12.3. The zero-order valence-corrected chi connectivity index (χ0v) is 9.19. The molecule has 1 saturated heterocycles. The SMILES string of the molecule is O=[N+]([O-])c1cc(F)cc(OCC2CCCN2)c1. The molecule has 0 aromatic heterocycles. The quantitative estimate of drug-likeness (QED) is 0.644. The van der Waals surface area contributed by atoms with Crippen LogP contribution in [0.1, 0.15) is 12.8 Å². The van der Waals surface area contributed by atoms with Gasteiger partial charge in [0.2, 0.25) is 0 Å². The summed E-state index contributed by atoms with van der Waals surface area (Å²) in [6, 6.07) is 3.51. The van der Waals surface area contributed by atoms with Gasteiger partial charge in [0, 0.05) is 12.1 Å². The van der Waals surface area contributed by atoms with Gasteiger partial charge in [-0.2, -0.15) is 0 Å². The van der Waals surface area contributed by atoms with Crippen LogP contribution < -0.4 is 10.1 Å². The fourth-order valence-electron chi connectivity index (χ4n) is 1.83. The average molecular weight is 240 g/mol. The molecule has 92 valence electrons. The van der Waals surface area contributed by atoms with E-state index in [1.165, 1.54) is 6.07 Å². The van der Waals surface area contributed by atoms with Gasteiger partial charge in [0.1, 0.15) is 18.2 Å². The van der Waals surface area contributed by atoms with Crippen molar-refractivity contribution >= 4 is 5.69 Å². The number of nitrogens with one attached hydrogen (secondary N) is 1. The molecule has 0 bridgehead atoms. The number of benzene rings is 1. The topological polar surface area (TPSA) is 64.4 Å². The van der Waals surface area contributed by atoms with Crippen LogP contribution in [0.2, 0.25) is 0 Å². The van der Waals surface area contributed by atoms with Crippen molar-refractivity contribution in [3.8, 4) is 5.75 Å². The second-order valence-electron chi connectivity index (χ2n) is 4.01. The van der Waals surface area contributed by atoms with Crippen molar-refractivity contribution in [1.82, 2.24) is 5.32 Å². The molecule has 1 heterocycles. The maximum atomic E-state index is 13.1. The Labute approximate surface area is 97.7 Å². The highest BCUT2D eigenvalue weighted by Gasteiger charge is 2.16. The summed E-state index contributed by atoms with van der Waals surface area (Å²) in [5.74, 6) is -0.459. The van der Waals surface area contributed by atoms with Crippen LogP contribution in [0.25, 0.3) is 0 Å². The molecule has 2 rings (SSSR count). The van der Waals surface area contributed by atoms with Crippen LogP contribution in [0.3, 0.4) is 0 Å². The fourth-order valence-corrected chi connectivity index (χ4v) is 1.83. The summed E-state index contributed by atoms with van der Waals surface area (Å²) in [6.45, 7) is 1.36. The molecule has 0 radical (unpaired) electrons. The summed E-state index contributed by atoms with van der Waals surface area (Å²) in [5.41, 5.74) is -0.292. The Hall–Kier alpha value is -1.69. The Morgan fingerprint density at radius 3 is 3.00 bits per heavy atom. The first-order chi connectivity index (χ1) is 8.15. The first-order valence-electron chi connectivity index (χ1n) is 5.46. The third kappa shape index (κ3) is 3.13.